The van der Waals surface area contributed by atoms with Crippen molar-refractivity contribution < 1.29 is 19.0 Å². The number of hydrogen-bond acceptors (Lipinski definition) is 4. The van der Waals surface area contributed by atoms with E-state index in [0.717, 1.165) is 18.1 Å². The lowest BCUT2D eigenvalue weighted by Gasteiger charge is -2.22. The zero-order valence-corrected chi connectivity index (χ0v) is 17.8. The zero-order valence-electron chi connectivity index (χ0n) is 17.0. The van der Waals surface area contributed by atoms with Gasteiger partial charge in [0.15, 0.2) is 0 Å². The molecule has 1 aromatic carbocycles. The van der Waals surface area contributed by atoms with E-state index in [0.29, 0.717) is 12.5 Å². The van der Waals surface area contributed by atoms with Crippen LogP contribution in [0.5, 0.6) is 11.5 Å². The van der Waals surface area contributed by atoms with Crippen LogP contribution in [0.15, 0.2) is 24.3 Å². The van der Waals surface area contributed by atoms with Crippen molar-refractivity contribution >= 4 is 18.5 Å². The number of carbonyl (C=O) groups is 1. The maximum Gasteiger partial charge on any atom is 0.407 e. The molecule has 5 nitrogen and oxygen atoms in total. The number of halogens is 1. The zero-order chi connectivity index (χ0) is 19.0. The van der Waals surface area contributed by atoms with Crippen LogP contribution in [0, 0.1) is 5.92 Å². The molecular weight excluding hydrogens is 366 g/mol. The summed E-state index contributed by atoms with van der Waals surface area (Å²) >= 11 is 0. The summed E-state index contributed by atoms with van der Waals surface area (Å²) in [6, 6.07) is 7.70. The molecule has 1 aliphatic carbocycles. The van der Waals surface area contributed by atoms with Crippen LogP contribution in [-0.2, 0) is 4.74 Å². The van der Waals surface area contributed by atoms with Crippen LogP contribution in [0.4, 0.5) is 4.79 Å². The first kappa shape index (κ1) is 23.4. The van der Waals surface area contributed by atoms with Gasteiger partial charge in [-0.2, -0.15) is 0 Å². The number of alkyl carbamates (subject to hydrolysis) is 1. The topological polar surface area (TPSA) is 56.8 Å². The summed E-state index contributed by atoms with van der Waals surface area (Å²) in [5.41, 5.74) is -0.502. The van der Waals surface area contributed by atoms with Crippen molar-refractivity contribution in [3.63, 3.8) is 0 Å². The van der Waals surface area contributed by atoms with E-state index in [1.54, 1.807) is 0 Å². The van der Waals surface area contributed by atoms with Crippen molar-refractivity contribution in [2.24, 2.45) is 5.92 Å². The molecule has 0 aliphatic heterocycles. The van der Waals surface area contributed by atoms with E-state index in [4.69, 9.17) is 14.2 Å². The highest BCUT2D eigenvalue weighted by Crippen LogP contribution is 2.26. The fraction of sp³-hybridized carbons (Fsp3) is 0.667. The minimum absolute atomic E-state index is 0. The van der Waals surface area contributed by atoms with Crippen molar-refractivity contribution in [1.82, 2.24) is 5.32 Å². The van der Waals surface area contributed by atoms with Gasteiger partial charge in [0.1, 0.15) is 23.2 Å². The number of nitrogens with one attached hydrogen (secondary N) is 1. The third-order valence-electron chi connectivity index (χ3n) is 4.29. The highest BCUT2D eigenvalue weighted by molar-refractivity contribution is 5.85. The Kier molecular flexibility index (Phi) is 9.78. The minimum Gasteiger partial charge on any atom is -0.493 e. The van der Waals surface area contributed by atoms with Crippen molar-refractivity contribution in [3.8, 4) is 11.5 Å². The Hall–Kier alpha value is -1.62. The van der Waals surface area contributed by atoms with Gasteiger partial charge in [-0.15, -0.1) is 12.4 Å². The second-order valence-corrected chi connectivity index (χ2v) is 8.10. The van der Waals surface area contributed by atoms with Crippen LogP contribution in [0.2, 0.25) is 0 Å². The van der Waals surface area contributed by atoms with Gasteiger partial charge in [0.25, 0.3) is 0 Å². The van der Waals surface area contributed by atoms with Crippen molar-refractivity contribution in [3.05, 3.63) is 24.3 Å². The van der Waals surface area contributed by atoms with Crippen LogP contribution in [-0.4, -0.2) is 30.9 Å². The van der Waals surface area contributed by atoms with Gasteiger partial charge in [-0.05, 0) is 58.6 Å². The van der Waals surface area contributed by atoms with E-state index in [1.165, 1.54) is 32.1 Å². The molecule has 1 amide bonds. The standard InChI is InChI=1S/C21H33NO4.ClH/c1-16(14-22-20(23)26-21(2,3)4)25-19-12-8-11-18(13-19)24-15-17-9-6-5-7-10-17;/h8,11-13,16-17H,5-7,9-10,14-15H2,1-4H3,(H,22,23);1H. The Balaban J connectivity index is 0.00000364. The lowest BCUT2D eigenvalue weighted by atomic mass is 9.90. The van der Waals surface area contributed by atoms with E-state index in [2.05, 4.69) is 5.32 Å². The SMILES string of the molecule is CC(CNC(=O)OC(C)(C)C)Oc1cccc(OCC2CCCCC2)c1.Cl. The Morgan fingerprint density at radius 1 is 1.19 bits per heavy atom. The molecule has 1 unspecified atom stereocenters. The fourth-order valence-electron chi connectivity index (χ4n) is 3.02. The molecule has 0 radical (unpaired) electrons. The van der Waals surface area contributed by atoms with E-state index in [-0.39, 0.29) is 18.5 Å². The largest absolute Gasteiger partial charge is 0.493 e. The van der Waals surface area contributed by atoms with Crippen molar-refractivity contribution in [2.75, 3.05) is 13.2 Å². The molecule has 27 heavy (non-hydrogen) atoms. The Labute approximate surface area is 169 Å². The number of hydrogen-bond donors (Lipinski definition) is 1. The number of benzene rings is 1. The lowest BCUT2D eigenvalue weighted by Crippen LogP contribution is -2.37. The molecular formula is C21H34ClNO4. The average molecular weight is 400 g/mol. The summed E-state index contributed by atoms with van der Waals surface area (Å²) in [6.45, 7) is 8.58. The molecule has 0 bridgehead atoms. The first-order valence-corrected chi connectivity index (χ1v) is 9.68. The van der Waals surface area contributed by atoms with Crippen LogP contribution in [0.1, 0.15) is 59.8 Å². The van der Waals surface area contributed by atoms with Gasteiger partial charge in [0.05, 0.1) is 13.2 Å². The van der Waals surface area contributed by atoms with Crippen molar-refractivity contribution in [2.45, 2.75) is 71.5 Å². The highest BCUT2D eigenvalue weighted by atomic mass is 35.5. The average Bonchev–Trinajstić information content (AvgIpc) is 2.58. The lowest BCUT2D eigenvalue weighted by molar-refractivity contribution is 0.0505. The maximum atomic E-state index is 11.7. The molecule has 0 spiro atoms. The Bertz CT molecular complexity index is 568. The van der Waals surface area contributed by atoms with Crippen LogP contribution >= 0.6 is 12.4 Å². The Morgan fingerprint density at radius 3 is 2.52 bits per heavy atom. The van der Waals surface area contributed by atoms with E-state index >= 15 is 0 Å². The third-order valence-corrected chi connectivity index (χ3v) is 4.29. The summed E-state index contributed by atoms with van der Waals surface area (Å²) in [7, 11) is 0. The monoisotopic (exact) mass is 399 g/mol. The van der Waals surface area contributed by atoms with Crippen LogP contribution in [0.3, 0.4) is 0 Å². The molecule has 1 N–H and O–H groups in total. The van der Waals surface area contributed by atoms with Crippen LogP contribution in [0.25, 0.3) is 0 Å². The molecule has 1 aromatic rings. The second kappa shape index (κ2) is 11.3. The summed E-state index contributed by atoms with van der Waals surface area (Å²) in [6.07, 6.45) is 5.93. The normalized spacial score (nSPS) is 16.0. The number of rotatable bonds is 7. The van der Waals surface area contributed by atoms with Crippen LogP contribution < -0.4 is 14.8 Å². The van der Waals surface area contributed by atoms with Gasteiger partial charge >= 0.3 is 6.09 Å². The summed E-state index contributed by atoms with van der Waals surface area (Å²) in [5.74, 6) is 2.25. The first-order valence-electron chi connectivity index (χ1n) is 9.68. The fourth-order valence-corrected chi connectivity index (χ4v) is 3.02. The molecule has 1 fully saturated rings. The second-order valence-electron chi connectivity index (χ2n) is 8.10. The number of amides is 1. The summed E-state index contributed by atoms with van der Waals surface area (Å²) in [4.78, 5) is 11.7. The van der Waals surface area contributed by atoms with Gasteiger partial charge in [-0.25, -0.2) is 4.79 Å². The summed E-state index contributed by atoms with van der Waals surface area (Å²) in [5, 5.41) is 2.72. The Morgan fingerprint density at radius 2 is 1.85 bits per heavy atom. The first-order chi connectivity index (χ1) is 12.3. The predicted molar refractivity (Wildman–Crippen MR) is 110 cm³/mol. The van der Waals surface area contributed by atoms with E-state index in [1.807, 2.05) is 52.0 Å². The third kappa shape index (κ3) is 9.76. The summed E-state index contributed by atoms with van der Waals surface area (Å²) < 4.78 is 17.0. The highest BCUT2D eigenvalue weighted by Gasteiger charge is 2.17. The molecule has 0 aromatic heterocycles. The minimum atomic E-state index is -0.502. The molecule has 154 valence electrons. The van der Waals surface area contributed by atoms with E-state index < -0.39 is 11.7 Å². The smallest absolute Gasteiger partial charge is 0.407 e. The maximum absolute atomic E-state index is 11.7. The molecule has 1 saturated carbocycles. The van der Waals surface area contributed by atoms with Gasteiger partial charge in [-0.3, -0.25) is 0 Å². The van der Waals surface area contributed by atoms with Gasteiger partial charge in [0, 0.05) is 6.07 Å². The quantitative estimate of drug-likeness (QED) is 0.670. The van der Waals surface area contributed by atoms with Gasteiger partial charge < -0.3 is 19.5 Å². The molecule has 0 saturated heterocycles. The molecule has 1 atom stereocenters. The van der Waals surface area contributed by atoms with Gasteiger partial charge in [-0.1, -0.05) is 25.3 Å². The number of ether oxygens (including phenoxy) is 3. The van der Waals surface area contributed by atoms with Gasteiger partial charge in [0.2, 0.25) is 0 Å². The molecule has 6 heteroatoms. The van der Waals surface area contributed by atoms with Crippen molar-refractivity contribution in [1.29, 1.82) is 0 Å². The molecule has 0 heterocycles. The molecule has 2 rings (SSSR count). The number of carbonyl (C=O) groups excluding carboxylic acids is 1. The van der Waals surface area contributed by atoms with E-state index in [9.17, 15) is 4.79 Å². The predicted octanol–water partition coefficient (Wildman–Crippen LogP) is 5.36. The molecule has 1 aliphatic rings.